The van der Waals surface area contributed by atoms with Crippen LogP contribution in [-0.4, -0.2) is 58.1 Å². The van der Waals surface area contributed by atoms with Crippen molar-refractivity contribution in [1.29, 1.82) is 0 Å². The third-order valence-electron chi connectivity index (χ3n) is 4.56. The van der Waals surface area contributed by atoms with E-state index in [9.17, 15) is 0 Å². The summed E-state index contributed by atoms with van der Waals surface area (Å²) in [5, 5.41) is 8.92. The summed E-state index contributed by atoms with van der Waals surface area (Å²) in [6.07, 6.45) is 2.17. The summed E-state index contributed by atoms with van der Waals surface area (Å²) in [7, 11) is 0. The van der Waals surface area contributed by atoms with Crippen LogP contribution < -0.4 is 15.4 Å². The number of aliphatic imine (C=N–C) groups is 1. The molecule has 3 rings (SSSR count). The summed E-state index contributed by atoms with van der Waals surface area (Å²) in [4.78, 5) is 4.60. The van der Waals surface area contributed by atoms with E-state index in [1.54, 1.807) is 0 Å². The molecule has 1 fully saturated rings. The lowest BCUT2D eigenvalue weighted by Crippen LogP contribution is -2.39. The van der Waals surface area contributed by atoms with Crippen LogP contribution in [0.1, 0.15) is 19.8 Å². The molecular weight excluding hydrogens is 354 g/mol. The highest BCUT2D eigenvalue weighted by molar-refractivity contribution is 5.88. The van der Waals surface area contributed by atoms with Crippen LogP contribution in [-0.2, 0) is 9.47 Å². The number of nitrogens with one attached hydrogen (secondary N) is 2. The zero-order chi connectivity index (χ0) is 19.4. The maximum atomic E-state index is 5.97. The van der Waals surface area contributed by atoms with E-state index in [4.69, 9.17) is 14.2 Å². The van der Waals surface area contributed by atoms with Gasteiger partial charge in [0.05, 0.1) is 19.3 Å². The predicted molar refractivity (Wildman–Crippen MR) is 113 cm³/mol. The van der Waals surface area contributed by atoms with Gasteiger partial charge in [-0.3, -0.25) is 4.99 Å². The maximum Gasteiger partial charge on any atom is 0.191 e. The van der Waals surface area contributed by atoms with E-state index >= 15 is 0 Å². The van der Waals surface area contributed by atoms with Crippen molar-refractivity contribution >= 4 is 16.7 Å². The Morgan fingerprint density at radius 2 is 2.04 bits per heavy atom. The van der Waals surface area contributed by atoms with Gasteiger partial charge < -0.3 is 24.8 Å². The van der Waals surface area contributed by atoms with E-state index in [1.165, 1.54) is 5.39 Å². The fourth-order valence-electron chi connectivity index (χ4n) is 3.14. The van der Waals surface area contributed by atoms with Gasteiger partial charge in [0.2, 0.25) is 0 Å². The molecule has 0 radical (unpaired) electrons. The first kappa shape index (κ1) is 20.4. The number of nitrogens with zero attached hydrogens (tertiary/aromatic N) is 1. The molecule has 0 bridgehead atoms. The van der Waals surface area contributed by atoms with Gasteiger partial charge in [0.1, 0.15) is 12.4 Å². The van der Waals surface area contributed by atoms with Gasteiger partial charge in [-0.15, -0.1) is 0 Å². The fourth-order valence-corrected chi connectivity index (χ4v) is 3.14. The van der Waals surface area contributed by atoms with Crippen molar-refractivity contribution in [1.82, 2.24) is 10.6 Å². The van der Waals surface area contributed by atoms with Gasteiger partial charge in [-0.05, 0) is 31.2 Å². The number of ether oxygens (including phenoxy) is 3. The maximum absolute atomic E-state index is 5.97. The highest BCUT2D eigenvalue weighted by Crippen LogP contribution is 2.24. The normalized spacial score (nSPS) is 17.0. The number of benzene rings is 2. The first-order chi connectivity index (χ1) is 13.9. The molecule has 6 heteroatoms. The number of fused-ring (bicyclic) bond motifs is 1. The lowest BCUT2D eigenvalue weighted by molar-refractivity contribution is 0.0424. The molecule has 0 saturated carbocycles. The summed E-state index contributed by atoms with van der Waals surface area (Å²) in [6.45, 7) is 7.14. The molecule has 6 nitrogen and oxygen atoms in total. The standard InChI is InChI=1S/C22H31N3O3/c1-2-23-22(24-12-6-14-27-19-11-15-26-17-19)25-13-16-28-21-10-5-8-18-7-3-4-9-20(18)21/h3-5,7-10,19H,2,6,11-17H2,1H3,(H2,23,24,25). The number of rotatable bonds is 10. The summed E-state index contributed by atoms with van der Waals surface area (Å²) < 4.78 is 17.1. The molecule has 1 aliphatic heterocycles. The largest absolute Gasteiger partial charge is 0.491 e. The molecule has 0 amide bonds. The molecule has 0 aliphatic carbocycles. The highest BCUT2D eigenvalue weighted by Gasteiger charge is 2.15. The molecular formula is C22H31N3O3. The van der Waals surface area contributed by atoms with E-state index in [0.717, 1.165) is 62.8 Å². The summed E-state index contributed by atoms with van der Waals surface area (Å²) in [5.74, 6) is 1.73. The van der Waals surface area contributed by atoms with Crippen LogP contribution >= 0.6 is 0 Å². The van der Waals surface area contributed by atoms with Crippen LogP contribution in [0, 0.1) is 0 Å². The Kier molecular flexibility index (Phi) is 8.40. The van der Waals surface area contributed by atoms with Crippen molar-refractivity contribution in [2.24, 2.45) is 4.99 Å². The number of guanidine groups is 1. The molecule has 1 atom stereocenters. The second-order valence-corrected chi connectivity index (χ2v) is 6.72. The molecule has 28 heavy (non-hydrogen) atoms. The van der Waals surface area contributed by atoms with Crippen LogP contribution in [0.4, 0.5) is 0 Å². The number of hydrogen-bond acceptors (Lipinski definition) is 4. The number of hydrogen-bond donors (Lipinski definition) is 2. The lowest BCUT2D eigenvalue weighted by Gasteiger charge is -2.13. The molecule has 2 aromatic carbocycles. The summed E-state index contributed by atoms with van der Waals surface area (Å²) >= 11 is 0. The van der Waals surface area contributed by atoms with E-state index in [1.807, 2.05) is 24.3 Å². The molecule has 1 heterocycles. The molecule has 1 saturated heterocycles. The van der Waals surface area contributed by atoms with Gasteiger partial charge in [-0.2, -0.15) is 0 Å². The third-order valence-corrected chi connectivity index (χ3v) is 4.56. The molecule has 0 spiro atoms. The van der Waals surface area contributed by atoms with Gasteiger partial charge in [0, 0.05) is 31.7 Å². The Morgan fingerprint density at radius 1 is 1.14 bits per heavy atom. The minimum atomic E-state index is 0.265. The van der Waals surface area contributed by atoms with Gasteiger partial charge in [-0.1, -0.05) is 36.4 Å². The Balaban J connectivity index is 1.37. The van der Waals surface area contributed by atoms with Gasteiger partial charge in [-0.25, -0.2) is 0 Å². The Hall–Kier alpha value is -2.31. The van der Waals surface area contributed by atoms with Crippen LogP contribution in [0.3, 0.4) is 0 Å². The Morgan fingerprint density at radius 3 is 2.89 bits per heavy atom. The highest BCUT2D eigenvalue weighted by atomic mass is 16.5. The van der Waals surface area contributed by atoms with Crippen molar-refractivity contribution in [3.05, 3.63) is 42.5 Å². The van der Waals surface area contributed by atoms with Crippen molar-refractivity contribution in [3.8, 4) is 5.75 Å². The average Bonchev–Trinajstić information content (AvgIpc) is 3.24. The Bertz CT molecular complexity index is 739. The third kappa shape index (κ3) is 6.39. The topological polar surface area (TPSA) is 64.1 Å². The molecule has 152 valence electrons. The molecule has 2 aromatic rings. The first-order valence-corrected chi connectivity index (χ1v) is 10.2. The van der Waals surface area contributed by atoms with Gasteiger partial charge >= 0.3 is 0 Å². The molecule has 2 N–H and O–H groups in total. The SMILES string of the molecule is CCNC(=NCCCOC1CCOC1)NCCOc1cccc2ccccc12. The molecule has 1 aliphatic rings. The monoisotopic (exact) mass is 385 g/mol. The van der Waals surface area contributed by atoms with E-state index in [2.05, 4.69) is 40.7 Å². The summed E-state index contributed by atoms with van der Waals surface area (Å²) in [6, 6.07) is 14.4. The second kappa shape index (κ2) is 11.5. The van der Waals surface area contributed by atoms with Crippen molar-refractivity contribution in [3.63, 3.8) is 0 Å². The van der Waals surface area contributed by atoms with Crippen molar-refractivity contribution in [2.45, 2.75) is 25.9 Å². The van der Waals surface area contributed by atoms with Crippen LogP contribution in [0.5, 0.6) is 5.75 Å². The quantitative estimate of drug-likeness (QED) is 0.374. The Labute approximate surface area is 167 Å². The summed E-state index contributed by atoms with van der Waals surface area (Å²) in [5.41, 5.74) is 0. The van der Waals surface area contributed by atoms with E-state index < -0.39 is 0 Å². The predicted octanol–water partition coefficient (Wildman–Crippen LogP) is 2.97. The minimum absolute atomic E-state index is 0.265. The molecule has 1 unspecified atom stereocenters. The zero-order valence-corrected chi connectivity index (χ0v) is 16.7. The van der Waals surface area contributed by atoms with Crippen molar-refractivity contribution in [2.75, 3.05) is 46.1 Å². The molecule has 0 aromatic heterocycles. The van der Waals surface area contributed by atoms with Crippen LogP contribution in [0.2, 0.25) is 0 Å². The van der Waals surface area contributed by atoms with Gasteiger partial charge in [0.25, 0.3) is 0 Å². The van der Waals surface area contributed by atoms with Crippen LogP contribution in [0.15, 0.2) is 47.5 Å². The second-order valence-electron chi connectivity index (χ2n) is 6.72. The smallest absolute Gasteiger partial charge is 0.191 e. The first-order valence-electron chi connectivity index (χ1n) is 10.2. The average molecular weight is 386 g/mol. The van der Waals surface area contributed by atoms with Crippen LogP contribution in [0.25, 0.3) is 10.8 Å². The van der Waals surface area contributed by atoms with E-state index in [-0.39, 0.29) is 6.10 Å². The van der Waals surface area contributed by atoms with Gasteiger partial charge in [0.15, 0.2) is 5.96 Å². The van der Waals surface area contributed by atoms with Crippen molar-refractivity contribution < 1.29 is 14.2 Å². The minimum Gasteiger partial charge on any atom is -0.491 e. The lowest BCUT2D eigenvalue weighted by atomic mass is 10.1. The zero-order valence-electron chi connectivity index (χ0n) is 16.7. The fraction of sp³-hybridized carbons (Fsp3) is 0.500. The van der Waals surface area contributed by atoms with E-state index in [0.29, 0.717) is 13.2 Å².